The number of hydrogen-bond acceptors (Lipinski definition) is 4. The van der Waals surface area contributed by atoms with Crippen molar-refractivity contribution in [3.05, 3.63) is 90.0 Å². The summed E-state index contributed by atoms with van der Waals surface area (Å²) in [4.78, 5) is 14.8. The van der Waals surface area contributed by atoms with E-state index >= 15 is 0 Å². The predicted molar refractivity (Wildman–Crippen MR) is 129 cm³/mol. The van der Waals surface area contributed by atoms with E-state index in [1.807, 2.05) is 53.4 Å². The summed E-state index contributed by atoms with van der Waals surface area (Å²) in [5.41, 5.74) is 5.24. The smallest absolute Gasteiger partial charge is 0.317 e. The molecule has 0 aliphatic heterocycles. The third-order valence-electron chi connectivity index (χ3n) is 5.52. The molecule has 1 heterocycles. The molecule has 0 atom stereocenters. The number of carbonyl (C=O) groups excluding carboxylic acids is 1. The molecule has 0 radical (unpaired) electrons. The summed E-state index contributed by atoms with van der Waals surface area (Å²) < 4.78 is 0. The molecule has 7 nitrogen and oxygen atoms in total. The minimum absolute atomic E-state index is 0.0421. The van der Waals surface area contributed by atoms with E-state index in [0.717, 1.165) is 47.2 Å². The largest absolute Gasteiger partial charge is 0.334 e. The Hall–Kier alpha value is -4.00. The van der Waals surface area contributed by atoms with E-state index in [1.165, 1.54) is 0 Å². The lowest BCUT2D eigenvalue weighted by Crippen LogP contribution is -2.39. The Labute approximate surface area is 193 Å². The van der Waals surface area contributed by atoms with Crippen LogP contribution < -0.4 is 5.32 Å². The van der Waals surface area contributed by atoms with Crippen molar-refractivity contribution in [1.82, 2.24) is 30.8 Å². The van der Waals surface area contributed by atoms with Crippen LogP contribution in [0.25, 0.3) is 22.5 Å². The van der Waals surface area contributed by atoms with Crippen molar-refractivity contribution >= 4 is 6.03 Å². The Morgan fingerprint density at radius 1 is 0.909 bits per heavy atom. The molecular weight excluding hydrogens is 412 g/mol. The van der Waals surface area contributed by atoms with Crippen molar-refractivity contribution in [2.24, 2.45) is 0 Å². The monoisotopic (exact) mass is 440 g/mol. The molecule has 7 heteroatoms. The summed E-state index contributed by atoms with van der Waals surface area (Å²) in [7, 11) is 0. The quantitative estimate of drug-likeness (QED) is 0.381. The lowest BCUT2D eigenvalue weighted by molar-refractivity contribution is 0.193. The number of benzene rings is 3. The van der Waals surface area contributed by atoms with Crippen LogP contribution in [0, 0.1) is 0 Å². The van der Waals surface area contributed by atoms with Gasteiger partial charge in [0, 0.05) is 25.2 Å². The Bertz CT molecular complexity index is 1140. The molecule has 1 aromatic heterocycles. The van der Waals surface area contributed by atoms with Gasteiger partial charge in [-0.25, -0.2) is 9.89 Å². The number of rotatable bonds is 9. The molecule has 33 heavy (non-hydrogen) atoms. The molecule has 0 spiro atoms. The highest BCUT2D eigenvalue weighted by Crippen LogP contribution is 2.29. The fraction of sp³-hybridized carbons (Fsp3) is 0.231. The van der Waals surface area contributed by atoms with Crippen molar-refractivity contribution in [3.8, 4) is 22.5 Å². The third-order valence-corrected chi connectivity index (χ3v) is 5.52. The van der Waals surface area contributed by atoms with Gasteiger partial charge in [-0.3, -0.25) is 0 Å². The molecule has 2 N–H and O–H groups in total. The molecule has 0 aliphatic rings. The first-order chi connectivity index (χ1) is 16.2. The van der Waals surface area contributed by atoms with E-state index in [-0.39, 0.29) is 6.03 Å². The molecule has 2 amide bonds. The van der Waals surface area contributed by atoms with E-state index < -0.39 is 0 Å². The Morgan fingerprint density at radius 3 is 2.33 bits per heavy atom. The van der Waals surface area contributed by atoms with E-state index in [0.29, 0.717) is 18.9 Å². The zero-order valence-electron chi connectivity index (χ0n) is 18.7. The van der Waals surface area contributed by atoms with E-state index in [2.05, 4.69) is 63.2 Å². The molecule has 168 valence electrons. The number of amides is 2. The number of hydrogen-bond donors (Lipinski definition) is 2. The molecule has 4 rings (SSSR count). The summed E-state index contributed by atoms with van der Waals surface area (Å²) in [6, 6.07) is 26.3. The van der Waals surface area contributed by atoms with E-state index in [9.17, 15) is 4.79 Å². The maximum atomic E-state index is 12.9. The van der Waals surface area contributed by atoms with Crippen LogP contribution in [-0.4, -0.2) is 38.1 Å². The summed E-state index contributed by atoms with van der Waals surface area (Å²) >= 11 is 0. The molecule has 4 aromatic rings. The van der Waals surface area contributed by atoms with Gasteiger partial charge in [0.05, 0.1) is 0 Å². The zero-order valence-corrected chi connectivity index (χ0v) is 18.7. The van der Waals surface area contributed by atoms with Gasteiger partial charge in [-0.05, 0) is 39.1 Å². The van der Waals surface area contributed by atoms with Crippen LogP contribution in [0.15, 0.2) is 78.9 Å². The Morgan fingerprint density at radius 2 is 1.64 bits per heavy atom. The number of nitrogens with one attached hydrogen (secondary N) is 2. The molecule has 3 aromatic carbocycles. The summed E-state index contributed by atoms with van der Waals surface area (Å²) in [6.45, 7) is 3.94. The first kappa shape index (κ1) is 22.2. The number of tetrazole rings is 1. The second-order valence-electron chi connectivity index (χ2n) is 7.91. The van der Waals surface area contributed by atoms with Gasteiger partial charge in [0.1, 0.15) is 0 Å². The van der Waals surface area contributed by atoms with Gasteiger partial charge in [-0.2, -0.15) is 0 Å². The van der Waals surface area contributed by atoms with Crippen molar-refractivity contribution < 1.29 is 4.79 Å². The Balaban J connectivity index is 1.46. The van der Waals surface area contributed by atoms with Crippen LogP contribution in [0.3, 0.4) is 0 Å². The minimum atomic E-state index is -0.0421. The van der Waals surface area contributed by atoms with Crippen LogP contribution >= 0.6 is 0 Å². The average molecular weight is 441 g/mol. The van der Waals surface area contributed by atoms with Gasteiger partial charge in [-0.15, -0.1) is 5.10 Å². The van der Waals surface area contributed by atoms with Crippen LogP contribution in [0.4, 0.5) is 4.79 Å². The van der Waals surface area contributed by atoms with E-state index in [4.69, 9.17) is 0 Å². The summed E-state index contributed by atoms with van der Waals surface area (Å²) in [6.07, 6.45) is 2.00. The third kappa shape index (κ3) is 5.83. The molecule has 0 bridgehead atoms. The molecule has 0 saturated carbocycles. The second kappa shape index (κ2) is 11.0. The maximum Gasteiger partial charge on any atom is 0.317 e. The van der Waals surface area contributed by atoms with Gasteiger partial charge in [0.2, 0.25) is 0 Å². The van der Waals surface area contributed by atoms with Crippen molar-refractivity contribution in [3.63, 3.8) is 0 Å². The van der Waals surface area contributed by atoms with Crippen molar-refractivity contribution in [2.45, 2.75) is 32.9 Å². The molecule has 0 unspecified atom stereocenters. The predicted octanol–water partition coefficient (Wildman–Crippen LogP) is 5.05. The average Bonchev–Trinajstić information content (AvgIpc) is 3.41. The van der Waals surface area contributed by atoms with Crippen molar-refractivity contribution in [1.29, 1.82) is 0 Å². The fourth-order valence-corrected chi connectivity index (χ4v) is 3.71. The lowest BCUT2D eigenvalue weighted by atomic mass is 9.98. The van der Waals surface area contributed by atoms with Gasteiger partial charge >= 0.3 is 6.03 Å². The van der Waals surface area contributed by atoms with Crippen LogP contribution in [0.1, 0.15) is 30.9 Å². The number of aromatic nitrogens is 4. The Kier molecular flexibility index (Phi) is 7.43. The first-order valence-electron chi connectivity index (χ1n) is 11.2. The fourth-order valence-electron chi connectivity index (χ4n) is 3.71. The van der Waals surface area contributed by atoms with Crippen LogP contribution in [0.5, 0.6) is 0 Å². The number of nitrogens with zero attached hydrogens (tertiary/aromatic N) is 4. The number of H-pyrrole nitrogens is 1. The minimum Gasteiger partial charge on any atom is -0.334 e. The van der Waals surface area contributed by atoms with Gasteiger partial charge < -0.3 is 10.2 Å². The maximum absolute atomic E-state index is 12.9. The number of urea groups is 1. The van der Waals surface area contributed by atoms with Crippen molar-refractivity contribution in [2.75, 3.05) is 6.54 Å². The molecular formula is C26H28N6O. The number of unbranched alkanes of at least 4 members (excludes halogenated alkanes) is 1. The zero-order chi connectivity index (χ0) is 22.9. The highest BCUT2D eigenvalue weighted by molar-refractivity contribution is 5.80. The van der Waals surface area contributed by atoms with Crippen LogP contribution in [-0.2, 0) is 13.1 Å². The van der Waals surface area contributed by atoms with Crippen LogP contribution in [0.2, 0.25) is 0 Å². The van der Waals surface area contributed by atoms with Gasteiger partial charge in [0.25, 0.3) is 0 Å². The first-order valence-corrected chi connectivity index (χ1v) is 11.2. The number of aromatic amines is 1. The van der Waals surface area contributed by atoms with E-state index in [1.54, 1.807) is 0 Å². The topological polar surface area (TPSA) is 86.8 Å². The standard InChI is InChI=1S/C26H28N6O/c1-2-3-17-32(26(33)27-18-20-9-5-4-6-10-20)19-21-13-15-22(16-14-21)23-11-7-8-12-24(23)25-28-30-31-29-25/h4-16H,2-3,17-19H2,1H3,(H,27,33)(H,28,29,30,31). The SMILES string of the molecule is CCCCN(Cc1ccc(-c2ccccc2-c2nnn[nH]2)cc1)C(=O)NCc1ccccc1. The molecule has 0 fully saturated rings. The highest BCUT2D eigenvalue weighted by atomic mass is 16.2. The van der Waals surface area contributed by atoms with Gasteiger partial charge in [-0.1, -0.05) is 92.2 Å². The highest BCUT2D eigenvalue weighted by Gasteiger charge is 2.14. The summed E-state index contributed by atoms with van der Waals surface area (Å²) in [5, 5.41) is 17.3. The summed E-state index contributed by atoms with van der Waals surface area (Å²) in [5.74, 6) is 0.635. The second-order valence-corrected chi connectivity index (χ2v) is 7.91. The molecule has 0 saturated heterocycles. The molecule has 0 aliphatic carbocycles. The van der Waals surface area contributed by atoms with Gasteiger partial charge in [0.15, 0.2) is 5.82 Å². The number of carbonyl (C=O) groups is 1. The lowest BCUT2D eigenvalue weighted by Gasteiger charge is -2.23. The normalized spacial score (nSPS) is 10.7.